The van der Waals surface area contributed by atoms with Crippen molar-refractivity contribution < 1.29 is 24.2 Å². The first-order chi connectivity index (χ1) is 17.6. The molecule has 1 aromatic heterocycles. The number of fused-ring (bicyclic) bond motifs is 3. The number of para-hydroxylation sites is 1. The summed E-state index contributed by atoms with van der Waals surface area (Å²) >= 11 is 0. The number of hydrogen-bond acceptors (Lipinski definition) is 6. The Balaban J connectivity index is 1.24. The van der Waals surface area contributed by atoms with Crippen LogP contribution in [0.3, 0.4) is 0 Å². The maximum Gasteiger partial charge on any atom is 0.323 e. The van der Waals surface area contributed by atoms with Gasteiger partial charge in [-0.15, -0.1) is 0 Å². The molecule has 3 heterocycles. The van der Waals surface area contributed by atoms with E-state index in [4.69, 9.17) is 9.47 Å². The second-order valence-electron chi connectivity index (χ2n) is 8.90. The Morgan fingerprint density at radius 1 is 1.00 bits per heavy atom. The zero-order valence-corrected chi connectivity index (χ0v) is 19.6. The largest absolute Gasteiger partial charge is 0.487 e. The summed E-state index contributed by atoms with van der Waals surface area (Å²) in [6, 6.07) is 19.9. The number of rotatable bonds is 7. The number of carbonyl (C=O) groups excluding carboxylic acids is 2. The first-order valence-electron chi connectivity index (χ1n) is 12.0. The van der Waals surface area contributed by atoms with E-state index >= 15 is 0 Å². The van der Waals surface area contributed by atoms with Gasteiger partial charge in [-0.3, -0.25) is 9.78 Å². The average Bonchev–Trinajstić information content (AvgIpc) is 3.26. The minimum absolute atomic E-state index is 0.0709. The van der Waals surface area contributed by atoms with E-state index in [1.165, 1.54) is 0 Å². The summed E-state index contributed by atoms with van der Waals surface area (Å²) < 4.78 is 12.1. The summed E-state index contributed by atoms with van der Waals surface area (Å²) in [4.78, 5) is 29.2. The van der Waals surface area contributed by atoms with Crippen molar-refractivity contribution in [3.63, 3.8) is 0 Å². The van der Waals surface area contributed by atoms with Crippen molar-refractivity contribution in [1.82, 2.24) is 10.3 Å². The molecule has 0 unspecified atom stereocenters. The number of pyridine rings is 1. The Kier molecular flexibility index (Phi) is 7.11. The molecule has 2 aromatic carbocycles. The summed E-state index contributed by atoms with van der Waals surface area (Å²) in [5, 5.41) is 18.5. The molecule has 5 rings (SSSR count). The number of benzene rings is 2. The highest BCUT2D eigenvalue weighted by atomic mass is 16.6. The van der Waals surface area contributed by atoms with Crippen molar-refractivity contribution in [2.45, 2.75) is 43.6 Å². The van der Waals surface area contributed by atoms with Crippen LogP contribution < -0.4 is 20.7 Å². The number of hydrogen-bond donors (Lipinski definition) is 4. The van der Waals surface area contributed by atoms with Crippen LogP contribution in [0.25, 0.3) is 0 Å². The number of carbonyl (C=O) groups is 2. The first-order valence-corrected chi connectivity index (χ1v) is 12.0. The summed E-state index contributed by atoms with van der Waals surface area (Å²) in [6.45, 7) is 0.125. The molecule has 9 nitrogen and oxygen atoms in total. The Bertz CT molecular complexity index is 1210. The van der Waals surface area contributed by atoms with Crippen LogP contribution in [0.1, 0.15) is 30.0 Å². The van der Waals surface area contributed by atoms with Gasteiger partial charge in [-0.05, 0) is 48.9 Å². The summed E-state index contributed by atoms with van der Waals surface area (Å²) in [5.74, 6) is 0.479. The molecule has 4 N–H and O–H groups in total. The second kappa shape index (κ2) is 10.8. The molecule has 186 valence electrons. The lowest BCUT2D eigenvalue weighted by molar-refractivity contribution is -0.142. The van der Waals surface area contributed by atoms with E-state index in [1.807, 2.05) is 60.7 Å². The van der Waals surface area contributed by atoms with E-state index < -0.39 is 6.10 Å². The number of ether oxygens (including phenoxy) is 2. The zero-order chi connectivity index (χ0) is 24.9. The minimum Gasteiger partial charge on any atom is -0.487 e. The van der Waals surface area contributed by atoms with Gasteiger partial charge in [0.05, 0.1) is 31.4 Å². The predicted octanol–water partition coefficient (Wildman–Crippen LogP) is 3.43. The van der Waals surface area contributed by atoms with E-state index in [0.717, 1.165) is 11.3 Å². The van der Waals surface area contributed by atoms with E-state index in [9.17, 15) is 14.7 Å². The molecule has 2 aliphatic heterocycles. The fourth-order valence-corrected chi connectivity index (χ4v) is 4.75. The van der Waals surface area contributed by atoms with Gasteiger partial charge in [0.15, 0.2) is 0 Å². The third-order valence-corrected chi connectivity index (χ3v) is 6.39. The molecule has 0 aliphatic carbocycles. The van der Waals surface area contributed by atoms with Crippen molar-refractivity contribution >= 4 is 23.3 Å². The molecule has 1 saturated heterocycles. The number of aliphatic hydroxyl groups is 1. The van der Waals surface area contributed by atoms with Gasteiger partial charge in [0.2, 0.25) is 5.91 Å². The summed E-state index contributed by atoms with van der Waals surface area (Å²) in [5.41, 5.74) is 3.03. The lowest BCUT2D eigenvalue weighted by atomic mass is 9.84. The Labute approximate surface area is 208 Å². The highest BCUT2D eigenvalue weighted by molar-refractivity contribution is 5.99. The molecule has 0 saturated carbocycles. The summed E-state index contributed by atoms with van der Waals surface area (Å²) in [7, 11) is 0. The van der Waals surface area contributed by atoms with Gasteiger partial charge < -0.3 is 30.5 Å². The number of nitrogens with zero attached hydrogens (tertiary/aromatic N) is 1. The quantitative estimate of drug-likeness (QED) is 0.404. The highest BCUT2D eigenvalue weighted by Crippen LogP contribution is 2.47. The molecule has 3 aromatic rings. The van der Waals surface area contributed by atoms with Gasteiger partial charge in [0.1, 0.15) is 18.0 Å². The van der Waals surface area contributed by atoms with E-state index in [1.54, 1.807) is 12.3 Å². The van der Waals surface area contributed by atoms with Crippen molar-refractivity contribution in [2.24, 2.45) is 0 Å². The monoisotopic (exact) mass is 488 g/mol. The standard InChI is InChI=1S/C27H28N4O5/c32-16-24-26-22(13-20(35-24)14-25(33)29-15-19-8-4-5-11-28-19)21-12-18(9-10-23(21)36-26)31-27(34)30-17-6-2-1-3-7-17/h1-12,20,22,24,26,32H,13-16H2,(H,29,33)(H2,30,31,34)/t20-,22-,24-,26+/m0/s1. The third kappa shape index (κ3) is 5.48. The lowest BCUT2D eigenvalue weighted by Gasteiger charge is -2.37. The van der Waals surface area contributed by atoms with Gasteiger partial charge in [-0.25, -0.2) is 4.79 Å². The molecule has 4 atom stereocenters. The topological polar surface area (TPSA) is 122 Å². The number of aromatic nitrogens is 1. The maximum absolute atomic E-state index is 12.6. The number of nitrogens with one attached hydrogen (secondary N) is 3. The van der Waals surface area contributed by atoms with Gasteiger partial charge in [0, 0.05) is 29.1 Å². The van der Waals surface area contributed by atoms with Crippen molar-refractivity contribution in [3.05, 3.63) is 84.2 Å². The van der Waals surface area contributed by atoms with Gasteiger partial charge >= 0.3 is 6.03 Å². The normalized spacial score (nSPS) is 22.0. The van der Waals surface area contributed by atoms with Crippen LogP contribution in [-0.2, 0) is 16.1 Å². The molecule has 9 heteroatoms. The van der Waals surface area contributed by atoms with Crippen LogP contribution >= 0.6 is 0 Å². The zero-order valence-electron chi connectivity index (χ0n) is 19.6. The maximum atomic E-state index is 12.6. The van der Waals surface area contributed by atoms with Crippen molar-refractivity contribution in [1.29, 1.82) is 0 Å². The number of amides is 3. The van der Waals surface area contributed by atoms with Gasteiger partial charge in [-0.1, -0.05) is 24.3 Å². The fraction of sp³-hybridized carbons (Fsp3) is 0.296. The molecule has 0 radical (unpaired) electrons. The molecule has 3 amide bonds. The Hall–Kier alpha value is -3.95. The van der Waals surface area contributed by atoms with E-state index in [2.05, 4.69) is 20.9 Å². The Morgan fingerprint density at radius 2 is 1.81 bits per heavy atom. The number of urea groups is 1. The van der Waals surface area contributed by atoms with Crippen LogP contribution in [0.15, 0.2) is 72.9 Å². The van der Waals surface area contributed by atoms with Gasteiger partial charge in [-0.2, -0.15) is 0 Å². The predicted molar refractivity (Wildman–Crippen MR) is 134 cm³/mol. The van der Waals surface area contributed by atoms with Crippen LogP contribution in [-0.4, -0.2) is 46.9 Å². The smallest absolute Gasteiger partial charge is 0.323 e. The first kappa shape index (κ1) is 23.8. The van der Waals surface area contributed by atoms with Crippen LogP contribution in [0, 0.1) is 0 Å². The Morgan fingerprint density at radius 3 is 2.58 bits per heavy atom. The number of anilines is 2. The van der Waals surface area contributed by atoms with Crippen molar-refractivity contribution in [2.75, 3.05) is 17.2 Å². The van der Waals surface area contributed by atoms with Crippen molar-refractivity contribution in [3.8, 4) is 5.75 Å². The third-order valence-electron chi connectivity index (χ3n) is 6.39. The van der Waals surface area contributed by atoms with Crippen LogP contribution in [0.4, 0.5) is 16.2 Å². The lowest BCUT2D eigenvalue weighted by Crippen LogP contribution is -2.47. The number of aliphatic hydroxyl groups excluding tert-OH is 1. The molecule has 2 aliphatic rings. The molecule has 1 fully saturated rings. The van der Waals surface area contributed by atoms with E-state index in [-0.39, 0.29) is 43.1 Å². The molecule has 36 heavy (non-hydrogen) atoms. The van der Waals surface area contributed by atoms with Crippen LogP contribution in [0.5, 0.6) is 5.75 Å². The minimum atomic E-state index is -0.553. The van der Waals surface area contributed by atoms with E-state index in [0.29, 0.717) is 30.1 Å². The molecule has 0 bridgehead atoms. The summed E-state index contributed by atoms with van der Waals surface area (Å²) in [6.07, 6.45) is 1.13. The van der Waals surface area contributed by atoms with Crippen LogP contribution in [0.2, 0.25) is 0 Å². The highest BCUT2D eigenvalue weighted by Gasteiger charge is 2.46. The second-order valence-corrected chi connectivity index (χ2v) is 8.90. The van der Waals surface area contributed by atoms with Gasteiger partial charge in [0.25, 0.3) is 0 Å². The molecule has 0 spiro atoms. The average molecular weight is 489 g/mol. The molecular formula is C27H28N4O5. The molecular weight excluding hydrogens is 460 g/mol. The fourth-order valence-electron chi connectivity index (χ4n) is 4.75. The SMILES string of the molecule is O=C(C[C@@H]1C[C@H]2c3cc(NC(=O)Nc4ccccc4)ccc3O[C@H]2[C@H](CO)O1)NCc1ccccn1.